The quantitative estimate of drug-likeness (QED) is 0.318. The Labute approximate surface area is 186 Å². The molecule has 0 saturated carbocycles. The van der Waals surface area contributed by atoms with Gasteiger partial charge in [-0.15, -0.1) is 0 Å². The van der Waals surface area contributed by atoms with Crippen molar-refractivity contribution in [2.45, 2.75) is 66.3 Å². The van der Waals surface area contributed by atoms with Gasteiger partial charge in [0.05, 0.1) is 5.92 Å². The molecule has 4 N–H and O–H groups in total. The van der Waals surface area contributed by atoms with Crippen molar-refractivity contribution in [1.29, 1.82) is 0 Å². The molecule has 0 heterocycles. The molecule has 0 saturated heterocycles. The van der Waals surface area contributed by atoms with Gasteiger partial charge in [0, 0.05) is 13.0 Å². The van der Waals surface area contributed by atoms with Gasteiger partial charge >= 0.3 is 0 Å². The van der Waals surface area contributed by atoms with Gasteiger partial charge in [0.15, 0.2) is 0 Å². The molecule has 0 aliphatic rings. The van der Waals surface area contributed by atoms with E-state index in [4.69, 9.17) is 0 Å². The van der Waals surface area contributed by atoms with Gasteiger partial charge in [0.1, 0.15) is 6.04 Å². The zero-order valence-electron chi connectivity index (χ0n) is 19.7. The van der Waals surface area contributed by atoms with Crippen molar-refractivity contribution in [3.8, 4) is 0 Å². The van der Waals surface area contributed by atoms with E-state index in [1.807, 2.05) is 65.0 Å². The number of likely N-dealkylation sites (N-methyl/N-ethyl adjacent to an activating group) is 1. The molecule has 0 radical (unpaired) electrons. The average Bonchev–Trinajstić information content (AvgIpc) is 2.72. The second-order valence-electron chi connectivity index (χ2n) is 9.62. The molecule has 31 heavy (non-hydrogen) atoms. The minimum atomic E-state index is -0.734. The molecule has 0 spiro atoms. The molecule has 1 unspecified atom stereocenters. The van der Waals surface area contributed by atoms with E-state index in [1.165, 1.54) is 7.05 Å². The van der Waals surface area contributed by atoms with E-state index in [1.54, 1.807) is 5.48 Å². The first kappa shape index (κ1) is 26.6. The molecular weight excluding hydrogens is 394 g/mol. The highest BCUT2D eigenvalue weighted by Gasteiger charge is 2.38. The Morgan fingerprint density at radius 3 is 2.06 bits per heavy atom. The Morgan fingerprint density at radius 2 is 1.58 bits per heavy atom. The van der Waals surface area contributed by atoms with Crippen molar-refractivity contribution in [2.75, 3.05) is 7.05 Å². The van der Waals surface area contributed by atoms with Gasteiger partial charge in [0.2, 0.25) is 17.7 Å². The summed E-state index contributed by atoms with van der Waals surface area (Å²) in [7, 11) is 1.53. The second-order valence-corrected chi connectivity index (χ2v) is 9.62. The molecule has 0 fully saturated rings. The molecule has 3 atom stereocenters. The van der Waals surface area contributed by atoms with Crippen LogP contribution >= 0.6 is 0 Å². The highest BCUT2D eigenvalue weighted by Crippen LogP contribution is 2.28. The maximum absolute atomic E-state index is 13.3. The molecule has 0 aromatic heterocycles. The number of hydrogen-bond acceptors (Lipinski definition) is 4. The Bertz CT molecular complexity index is 713. The minimum Gasteiger partial charge on any atom is -0.357 e. The van der Waals surface area contributed by atoms with E-state index < -0.39 is 29.2 Å². The molecule has 1 rings (SSSR count). The molecule has 7 heteroatoms. The Hall–Kier alpha value is -2.41. The van der Waals surface area contributed by atoms with Gasteiger partial charge in [0.25, 0.3) is 0 Å². The van der Waals surface area contributed by atoms with Crippen LogP contribution in [-0.2, 0) is 20.8 Å². The highest BCUT2D eigenvalue weighted by atomic mass is 16.5. The fourth-order valence-corrected chi connectivity index (χ4v) is 3.80. The second kappa shape index (κ2) is 12.4. The summed E-state index contributed by atoms with van der Waals surface area (Å²) in [6, 6.07) is 9.20. The van der Waals surface area contributed by atoms with Crippen molar-refractivity contribution >= 4 is 17.7 Å². The van der Waals surface area contributed by atoms with Crippen LogP contribution in [0.1, 0.15) is 59.4 Å². The van der Waals surface area contributed by atoms with Crippen LogP contribution in [0.4, 0.5) is 0 Å². The van der Waals surface area contributed by atoms with Crippen LogP contribution in [0.25, 0.3) is 0 Å². The number of benzene rings is 1. The van der Waals surface area contributed by atoms with Crippen LogP contribution in [0, 0.1) is 23.2 Å². The molecule has 174 valence electrons. The number of carbonyl (C=O) groups excluding carboxylic acids is 3. The molecule has 0 bridgehead atoms. The van der Waals surface area contributed by atoms with Crippen LogP contribution in [0.3, 0.4) is 0 Å². The number of rotatable bonds is 11. The van der Waals surface area contributed by atoms with Gasteiger partial charge in [-0.25, -0.2) is 5.48 Å². The lowest BCUT2D eigenvalue weighted by molar-refractivity contribution is -0.142. The van der Waals surface area contributed by atoms with Crippen molar-refractivity contribution in [1.82, 2.24) is 16.1 Å². The molecule has 0 aliphatic heterocycles. The van der Waals surface area contributed by atoms with Gasteiger partial charge in [-0.3, -0.25) is 19.6 Å². The lowest BCUT2D eigenvalue weighted by atomic mass is 9.79. The topological polar surface area (TPSA) is 108 Å². The number of amides is 3. The Kier molecular flexibility index (Phi) is 10.7. The average molecular weight is 434 g/mol. The lowest BCUT2D eigenvalue weighted by Gasteiger charge is -2.33. The van der Waals surface area contributed by atoms with Gasteiger partial charge < -0.3 is 10.6 Å². The maximum atomic E-state index is 13.3. The van der Waals surface area contributed by atoms with E-state index in [-0.39, 0.29) is 17.7 Å². The smallest absolute Gasteiger partial charge is 0.247 e. The first-order valence-electron chi connectivity index (χ1n) is 11.0. The zero-order valence-corrected chi connectivity index (χ0v) is 19.7. The predicted molar refractivity (Wildman–Crippen MR) is 121 cm³/mol. The predicted octanol–water partition coefficient (Wildman–Crippen LogP) is 3.07. The molecule has 0 aliphatic carbocycles. The number of aryl methyl sites for hydroxylation is 1. The van der Waals surface area contributed by atoms with Crippen LogP contribution in [-0.4, -0.2) is 36.0 Å². The normalized spacial score (nSPS) is 14.5. The van der Waals surface area contributed by atoms with Gasteiger partial charge in [-0.05, 0) is 42.6 Å². The standard InChI is InChI=1S/C24H39N3O4/c1-16(2)15-19(21(28)26-20(23(30)25-6)24(3,4)5)18(22(29)27-31)14-10-13-17-11-8-7-9-12-17/h7-9,11-12,16,18-20,31H,10,13-15H2,1-6H3,(H,25,30)(H,26,28)(H,27,29)/t18-,19?,20-/m1/s1. The van der Waals surface area contributed by atoms with Crippen molar-refractivity contribution in [3.63, 3.8) is 0 Å². The summed E-state index contributed by atoms with van der Waals surface area (Å²) in [6.07, 6.45) is 2.39. The van der Waals surface area contributed by atoms with Crippen LogP contribution in [0.2, 0.25) is 0 Å². The first-order chi connectivity index (χ1) is 14.5. The molecular formula is C24H39N3O4. The van der Waals surface area contributed by atoms with E-state index in [0.29, 0.717) is 19.3 Å². The number of hydroxylamine groups is 1. The molecule has 3 amide bonds. The number of nitrogens with one attached hydrogen (secondary N) is 3. The van der Waals surface area contributed by atoms with Gasteiger partial charge in [-0.1, -0.05) is 65.0 Å². The summed E-state index contributed by atoms with van der Waals surface area (Å²) >= 11 is 0. The highest BCUT2D eigenvalue weighted by molar-refractivity contribution is 5.91. The fraction of sp³-hybridized carbons (Fsp3) is 0.625. The third kappa shape index (κ3) is 8.69. The summed E-state index contributed by atoms with van der Waals surface area (Å²) in [5.41, 5.74) is 2.40. The van der Waals surface area contributed by atoms with Crippen LogP contribution < -0.4 is 16.1 Å². The SMILES string of the molecule is CNC(=O)[C@@H](NC(=O)C(CC(C)C)[C@@H](CCCc1ccccc1)C(=O)NO)C(C)(C)C. The lowest BCUT2D eigenvalue weighted by Crippen LogP contribution is -2.55. The summed E-state index contributed by atoms with van der Waals surface area (Å²) in [5, 5.41) is 14.8. The maximum Gasteiger partial charge on any atom is 0.247 e. The van der Waals surface area contributed by atoms with E-state index in [0.717, 1.165) is 12.0 Å². The van der Waals surface area contributed by atoms with Crippen molar-refractivity contribution < 1.29 is 19.6 Å². The van der Waals surface area contributed by atoms with Gasteiger partial charge in [-0.2, -0.15) is 0 Å². The van der Waals surface area contributed by atoms with Crippen LogP contribution in [0.15, 0.2) is 30.3 Å². The van der Waals surface area contributed by atoms with Crippen molar-refractivity contribution in [3.05, 3.63) is 35.9 Å². The fourth-order valence-electron chi connectivity index (χ4n) is 3.80. The molecule has 7 nitrogen and oxygen atoms in total. The van der Waals surface area contributed by atoms with E-state index in [2.05, 4.69) is 10.6 Å². The molecule has 1 aromatic rings. The Morgan fingerprint density at radius 1 is 0.968 bits per heavy atom. The third-order valence-corrected chi connectivity index (χ3v) is 5.48. The summed E-state index contributed by atoms with van der Waals surface area (Å²) in [5.74, 6) is -2.38. The Balaban J connectivity index is 3.06. The minimum absolute atomic E-state index is 0.159. The van der Waals surface area contributed by atoms with E-state index in [9.17, 15) is 19.6 Å². The zero-order chi connectivity index (χ0) is 23.6. The third-order valence-electron chi connectivity index (χ3n) is 5.48. The monoisotopic (exact) mass is 433 g/mol. The van der Waals surface area contributed by atoms with Crippen LogP contribution in [0.5, 0.6) is 0 Å². The number of carbonyl (C=O) groups is 3. The summed E-state index contributed by atoms with van der Waals surface area (Å²) in [6.45, 7) is 9.60. The largest absolute Gasteiger partial charge is 0.357 e. The van der Waals surface area contributed by atoms with E-state index >= 15 is 0 Å². The van der Waals surface area contributed by atoms with Crippen molar-refractivity contribution in [2.24, 2.45) is 23.2 Å². The first-order valence-corrected chi connectivity index (χ1v) is 11.0. The number of hydrogen-bond donors (Lipinski definition) is 4. The summed E-state index contributed by atoms with van der Waals surface area (Å²) < 4.78 is 0. The summed E-state index contributed by atoms with van der Waals surface area (Å²) in [4.78, 5) is 38.2. The molecule has 1 aromatic carbocycles.